The van der Waals surface area contributed by atoms with E-state index in [1.54, 1.807) is 0 Å². The number of halogens is 4. The molecule has 0 saturated carbocycles. The summed E-state index contributed by atoms with van der Waals surface area (Å²) in [6.07, 6.45) is 0. The fourth-order valence-electron chi connectivity index (χ4n) is 0. The van der Waals surface area contributed by atoms with Crippen LogP contribution in [-0.2, 0) is 0 Å². The van der Waals surface area contributed by atoms with Crippen LogP contribution in [0.5, 0.6) is 0 Å². The molecule has 0 fully saturated rings. The van der Waals surface area contributed by atoms with Gasteiger partial charge in [0.2, 0.25) is 0 Å². The van der Waals surface area contributed by atoms with Gasteiger partial charge >= 0.3 is 38.5 Å². The molecule has 0 heterocycles. The molecule has 0 aliphatic heterocycles. The molecular formula is HBF4Sb. The van der Waals surface area contributed by atoms with Crippen LogP contribution in [-0.4, -0.2) is 30.1 Å². The van der Waals surface area contributed by atoms with Gasteiger partial charge in [-0.2, -0.15) is 0 Å². The van der Waals surface area contributed by atoms with Crippen molar-refractivity contribution in [3.8, 4) is 0 Å². The zero-order valence-electron chi connectivity index (χ0n) is 2.59. The number of rotatable bonds is 0. The van der Waals surface area contributed by atoms with Gasteiger partial charge in [0.1, 0.15) is 0 Å². The molecule has 0 nitrogen and oxygen atoms in total. The second-order valence-electron chi connectivity index (χ2n) is 0.214. The van der Waals surface area contributed by atoms with E-state index >= 15 is 0 Å². The van der Waals surface area contributed by atoms with E-state index in [0.717, 1.165) is 0 Å². The van der Waals surface area contributed by atoms with Crippen LogP contribution < -0.4 is 0 Å². The summed E-state index contributed by atoms with van der Waals surface area (Å²) in [5.41, 5.74) is 0. The maximum atomic E-state index is 9.86. The zero-order valence-corrected chi connectivity index (χ0v) is 5.44. The van der Waals surface area contributed by atoms with Crippen molar-refractivity contribution in [3.63, 3.8) is 0 Å². The van der Waals surface area contributed by atoms with Gasteiger partial charge in [0.25, 0.3) is 0 Å². The van der Waals surface area contributed by atoms with Crippen LogP contribution in [0.2, 0.25) is 0 Å². The van der Waals surface area contributed by atoms with Crippen molar-refractivity contribution in [2.24, 2.45) is 0 Å². The van der Waals surface area contributed by atoms with Gasteiger partial charge in [0.05, 0.1) is 0 Å². The van der Waals surface area contributed by atoms with Crippen molar-refractivity contribution < 1.29 is 12.8 Å². The topological polar surface area (TPSA) is 0 Å². The molecule has 6 heteroatoms. The summed E-state index contributed by atoms with van der Waals surface area (Å²) in [5, 5.41) is 0. The fraction of sp³-hybridized carbons (Fsp3) is 0. The average Bonchev–Trinajstić information content (AvgIpc) is 1.41. The first kappa shape index (κ1) is 9.78. The SMILES string of the molecule is [B]F.[F][SbH]([F])[F]. The van der Waals surface area contributed by atoms with E-state index in [4.69, 9.17) is 4.32 Å². The number of hydrogen-bond acceptors (Lipinski definition) is 0. The molecule has 0 aliphatic carbocycles. The van der Waals surface area contributed by atoms with E-state index < -0.39 is 22.0 Å². The van der Waals surface area contributed by atoms with Gasteiger partial charge in [-0.15, -0.1) is 0 Å². The van der Waals surface area contributed by atoms with Crippen LogP contribution in [0.4, 0.5) is 12.8 Å². The molecule has 0 bridgehead atoms. The van der Waals surface area contributed by atoms with Crippen molar-refractivity contribution in [2.75, 3.05) is 0 Å². The molecule has 0 aliphatic rings. The summed E-state index contributed by atoms with van der Waals surface area (Å²) < 4.78 is 38.6. The Morgan fingerprint density at radius 1 is 1.00 bits per heavy atom. The summed E-state index contributed by atoms with van der Waals surface area (Å²) in [6, 6.07) is 0. The predicted molar refractivity (Wildman–Crippen MR) is 17.3 cm³/mol. The zero-order chi connectivity index (χ0) is 5.58. The van der Waals surface area contributed by atoms with Crippen molar-refractivity contribution in [1.82, 2.24) is 0 Å². The first-order valence-corrected chi connectivity index (χ1v) is 4.02. The third-order valence-corrected chi connectivity index (χ3v) is 0. The third-order valence-electron chi connectivity index (χ3n) is 0. The molecule has 0 saturated heterocycles. The van der Waals surface area contributed by atoms with Crippen molar-refractivity contribution in [3.05, 3.63) is 0 Å². The Morgan fingerprint density at radius 2 is 1.00 bits per heavy atom. The summed E-state index contributed by atoms with van der Waals surface area (Å²) in [7, 11) is 3.00. The molecule has 0 unspecified atom stereocenters. The van der Waals surface area contributed by atoms with Gasteiger partial charge < -0.3 is 4.32 Å². The monoisotopic (exact) mass is 209 g/mol. The second-order valence-corrected chi connectivity index (χ2v) is 1.44. The third kappa shape index (κ3) is 164. The van der Waals surface area contributed by atoms with E-state index in [-0.39, 0.29) is 0 Å². The molecule has 37 valence electrons. The van der Waals surface area contributed by atoms with Crippen LogP contribution >= 0.6 is 0 Å². The Kier molecular flexibility index (Phi) is 14.9. The molecule has 0 rings (SSSR count). The van der Waals surface area contributed by atoms with Gasteiger partial charge in [-0.1, -0.05) is 0 Å². The molecule has 0 aromatic rings. The molecule has 3 radical (unpaired) electrons. The summed E-state index contributed by atoms with van der Waals surface area (Å²) >= 11 is -5.04. The van der Waals surface area contributed by atoms with Gasteiger partial charge in [0.15, 0.2) is 0 Å². The molecule has 0 aromatic heterocycles. The quantitative estimate of drug-likeness (QED) is 0.406. The Morgan fingerprint density at radius 3 is 1.00 bits per heavy atom. The van der Waals surface area contributed by atoms with Crippen LogP contribution in [0.1, 0.15) is 0 Å². The molecule has 0 spiro atoms. The standard InChI is InChI=1S/BF.3FH.Sb.H/c1-2;;;;;/h;3*1H;;/q;;;;+3;/p-3. The van der Waals surface area contributed by atoms with E-state index in [1.807, 2.05) is 0 Å². The van der Waals surface area contributed by atoms with Crippen molar-refractivity contribution in [2.45, 2.75) is 0 Å². The van der Waals surface area contributed by atoms with E-state index in [2.05, 4.69) is 8.12 Å². The molecule has 0 aromatic carbocycles. The Balaban J connectivity index is 0. The number of hydrogen-bond donors (Lipinski definition) is 0. The maximum absolute atomic E-state index is 9.86. The van der Waals surface area contributed by atoms with E-state index in [0.29, 0.717) is 0 Å². The van der Waals surface area contributed by atoms with Crippen LogP contribution in [0.15, 0.2) is 0 Å². The van der Waals surface area contributed by atoms with Crippen LogP contribution in [0, 0.1) is 0 Å². The first-order chi connectivity index (χ1) is 2.73. The normalized spacial score (nSPS) is 6.83. The van der Waals surface area contributed by atoms with E-state index in [9.17, 15) is 8.44 Å². The predicted octanol–water partition coefficient (Wildman–Crippen LogP) is 0.651. The van der Waals surface area contributed by atoms with Crippen LogP contribution in [0.3, 0.4) is 0 Å². The van der Waals surface area contributed by atoms with Gasteiger partial charge in [-0.25, -0.2) is 0 Å². The summed E-state index contributed by atoms with van der Waals surface area (Å²) in [6.45, 7) is 0. The Labute approximate surface area is 43.3 Å². The summed E-state index contributed by atoms with van der Waals surface area (Å²) in [5.74, 6) is 0. The molecule has 6 heavy (non-hydrogen) atoms. The second kappa shape index (κ2) is 9.14. The van der Waals surface area contributed by atoms with Gasteiger partial charge in [-0.05, 0) is 0 Å². The van der Waals surface area contributed by atoms with Gasteiger partial charge in [0, 0.05) is 0 Å². The average molecular weight is 210 g/mol. The Hall–Kier alpha value is 0.603. The van der Waals surface area contributed by atoms with Gasteiger partial charge in [-0.3, -0.25) is 0 Å². The molecule has 0 atom stereocenters. The Bertz CT molecular complexity index is 12.3. The first-order valence-electron chi connectivity index (χ1n) is 0.785. The molecule has 0 amide bonds. The van der Waals surface area contributed by atoms with Crippen LogP contribution in [0.25, 0.3) is 0 Å². The minimum absolute atomic E-state index is 3.00. The minimum atomic E-state index is -5.04. The van der Waals surface area contributed by atoms with E-state index in [1.165, 1.54) is 0 Å². The molecule has 0 N–H and O–H groups in total. The fourth-order valence-corrected chi connectivity index (χ4v) is 0. The molecular weight excluding hydrogens is 209 g/mol. The van der Waals surface area contributed by atoms with Crippen molar-refractivity contribution >= 4 is 30.1 Å². The summed E-state index contributed by atoms with van der Waals surface area (Å²) in [4.78, 5) is 0. The van der Waals surface area contributed by atoms with Crippen molar-refractivity contribution in [1.29, 1.82) is 0 Å².